The average molecular weight is 315 g/mol. The van der Waals surface area contributed by atoms with Crippen LogP contribution in [0.3, 0.4) is 0 Å². The highest BCUT2D eigenvalue weighted by atomic mass is 16.5. The molecule has 1 spiro atoms. The number of hydrogen-bond donors (Lipinski definition) is 2. The first-order chi connectivity index (χ1) is 11.2. The van der Waals surface area contributed by atoms with Gasteiger partial charge in [-0.05, 0) is 37.8 Å². The number of carbonyl (C=O) groups excluding carboxylic acids is 1. The van der Waals surface area contributed by atoms with E-state index in [1.807, 2.05) is 24.3 Å². The van der Waals surface area contributed by atoms with Crippen molar-refractivity contribution in [3.8, 4) is 0 Å². The van der Waals surface area contributed by atoms with Crippen LogP contribution in [0.25, 0.3) is 11.0 Å². The van der Waals surface area contributed by atoms with Crippen molar-refractivity contribution >= 4 is 16.9 Å². The summed E-state index contributed by atoms with van der Waals surface area (Å²) < 4.78 is 5.89. The molecule has 2 aliphatic rings. The quantitative estimate of drug-likeness (QED) is 0.840. The molecular formula is C17H21N3O3. The van der Waals surface area contributed by atoms with Gasteiger partial charge in [0.15, 0.2) is 5.82 Å². The zero-order valence-electron chi connectivity index (χ0n) is 13.0. The first kappa shape index (κ1) is 14.7. The number of aromatic nitrogens is 2. The van der Waals surface area contributed by atoms with Crippen molar-refractivity contribution in [2.24, 2.45) is 0 Å². The van der Waals surface area contributed by atoms with E-state index < -0.39 is 11.7 Å². The number of aromatic amines is 1. The number of likely N-dealkylation sites (tertiary alicyclic amines) is 1. The number of para-hydroxylation sites is 2. The van der Waals surface area contributed by atoms with Crippen LogP contribution in [0.1, 0.15) is 36.3 Å². The average Bonchev–Trinajstić information content (AvgIpc) is 3.02. The van der Waals surface area contributed by atoms with E-state index in [2.05, 4.69) is 9.97 Å². The molecule has 0 aliphatic carbocycles. The molecule has 1 aromatic heterocycles. The summed E-state index contributed by atoms with van der Waals surface area (Å²) in [5.41, 5.74) is 1.22. The van der Waals surface area contributed by atoms with Gasteiger partial charge in [0.2, 0.25) is 0 Å². The molecule has 1 amide bonds. The highest BCUT2D eigenvalue weighted by Gasteiger charge is 2.44. The highest BCUT2D eigenvalue weighted by molar-refractivity contribution is 5.94. The molecule has 6 nitrogen and oxygen atoms in total. The lowest BCUT2D eigenvalue weighted by molar-refractivity contribution is -0.174. The molecule has 2 aliphatic heterocycles. The molecule has 0 saturated carbocycles. The third-order valence-corrected chi connectivity index (χ3v) is 5.11. The summed E-state index contributed by atoms with van der Waals surface area (Å²) in [4.78, 5) is 21.9. The zero-order valence-corrected chi connectivity index (χ0v) is 13.0. The summed E-state index contributed by atoms with van der Waals surface area (Å²) in [5.74, 6) is 0.300. The van der Waals surface area contributed by atoms with Gasteiger partial charge >= 0.3 is 0 Å². The third-order valence-electron chi connectivity index (χ3n) is 5.11. The number of nitrogens with zero attached hydrogens (tertiary/aromatic N) is 2. The molecule has 6 heteroatoms. The molecule has 4 rings (SSSR count). The highest BCUT2D eigenvalue weighted by Crippen LogP contribution is 2.35. The largest absolute Gasteiger partial charge is 0.390 e. The van der Waals surface area contributed by atoms with Gasteiger partial charge < -0.3 is 19.7 Å². The number of ether oxygens (including phenoxy) is 1. The number of aliphatic hydroxyl groups is 1. The standard InChI is InChI=1S/C17H21N3O3/c21-14-6-3-11-23-17(14)7-9-20(10-8-17)16(22)15-18-12-4-1-2-5-13(12)19-15/h1-2,4-5,14,21H,3,6-11H2,(H,18,19)/t14-/m1/s1. The SMILES string of the molecule is O=C(c1nc2ccccc2[nH]1)N1CCC2(CC1)OCCC[C@H]2O. The van der Waals surface area contributed by atoms with Crippen LogP contribution in [0.2, 0.25) is 0 Å². The molecule has 23 heavy (non-hydrogen) atoms. The van der Waals surface area contributed by atoms with Gasteiger partial charge in [-0.1, -0.05) is 12.1 Å². The second kappa shape index (κ2) is 5.62. The van der Waals surface area contributed by atoms with Gasteiger partial charge in [0.05, 0.1) is 22.7 Å². The number of amides is 1. The molecule has 0 radical (unpaired) electrons. The fourth-order valence-corrected chi connectivity index (χ4v) is 3.68. The minimum atomic E-state index is -0.455. The normalized spacial score (nSPS) is 24.2. The number of H-pyrrole nitrogens is 1. The lowest BCUT2D eigenvalue weighted by atomic mass is 9.82. The van der Waals surface area contributed by atoms with Crippen LogP contribution < -0.4 is 0 Å². The summed E-state index contributed by atoms with van der Waals surface area (Å²) in [6.07, 6.45) is 2.64. The topological polar surface area (TPSA) is 78.5 Å². The number of nitrogens with one attached hydrogen (secondary N) is 1. The van der Waals surface area contributed by atoms with Gasteiger partial charge in [-0.25, -0.2) is 4.98 Å². The van der Waals surface area contributed by atoms with E-state index in [0.29, 0.717) is 38.4 Å². The molecule has 1 aromatic carbocycles. The third kappa shape index (κ3) is 2.52. The fraction of sp³-hybridized carbons (Fsp3) is 0.529. The van der Waals surface area contributed by atoms with Gasteiger partial charge in [-0.3, -0.25) is 4.79 Å². The number of hydrogen-bond acceptors (Lipinski definition) is 4. The van der Waals surface area contributed by atoms with Crippen LogP contribution in [0.4, 0.5) is 0 Å². The smallest absolute Gasteiger partial charge is 0.289 e. The maximum absolute atomic E-state index is 12.7. The van der Waals surface area contributed by atoms with Crippen molar-refractivity contribution in [1.29, 1.82) is 0 Å². The number of carbonyl (C=O) groups is 1. The Labute approximate surface area is 134 Å². The maximum atomic E-state index is 12.7. The molecule has 2 aromatic rings. The summed E-state index contributed by atoms with van der Waals surface area (Å²) in [6, 6.07) is 7.63. The summed E-state index contributed by atoms with van der Waals surface area (Å²) in [5, 5.41) is 10.3. The van der Waals surface area contributed by atoms with E-state index in [-0.39, 0.29) is 5.91 Å². The van der Waals surface area contributed by atoms with Crippen LogP contribution in [0.5, 0.6) is 0 Å². The van der Waals surface area contributed by atoms with E-state index in [1.54, 1.807) is 4.90 Å². The summed E-state index contributed by atoms with van der Waals surface area (Å²) in [7, 11) is 0. The molecule has 2 N–H and O–H groups in total. The van der Waals surface area contributed by atoms with Gasteiger partial charge in [-0.15, -0.1) is 0 Å². The molecule has 3 heterocycles. The van der Waals surface area contributed by atoms with E-state index in [9.17, 15) is 9.90 Å². The Kier molecular flexibility index (Phi) is 3.58. The Morgan fingerprint density at radius 3 is 2.87 bits per heavy atom. The predicted octanol–water partition coefficient (Wildman–Crippen LogP) is 1.71. The monoisotopic (exact) mass is 315 g/mol. The number of imidazole rings is 1. The molecule has 0 bridgehead atoms. The van der Waals surface area contributed by atoms with Crippen molar-refractivity contribution < 1.29 is 14.6 Å². The molecule has 0 unspecified atom stereocenters. The maximum Gasteiger partial charge on any atom is 0.289 e. The Morgan fingerprint density at radius 1 is 1.35 bits per heavy atom. The molecule has 122 valence electrons. The van der Waals surface area contributed by atoms with Crippen LogP contribution in [-0.2, 0) is 4.74 Å². The Hall–Kier alpha value is -1.92. The van der Waals surface area contributed by atoms with Crippen molar-refractivity contribution in [2.45, 2.75) is 37.4 Å². The van der Waals surface area contributed by atoms with Gasteiger partial charge in [0.1, 0.15) is 0 Å². The molecule has 2 saturated heterocycles. The lowest BCUT2D eigenvalue weighted by Gasteiger charge is -2.46. The van der Waals surface area contributed by atoms with E-state index in [0.717, 1.165) is 23.9 Å². The van der Waals surface area contributed by atoms with E-state index >= 15 is 0 Å². The number of aliphatic hydroxyl groups excluding tert-OH is 1. The number of fused-ring (bicyclic) bond motifs is 1. The summed E-state index contributed by atoms with van der Waals surface area (Å²) >= 11 is 0. The lowest BCUT2D eigenvalue weighted by Crippen LogP contribution is -2.56. The Bertz CT molecular complexity index is 686. The van der Waals surface area contributed by atoms with E-state index in [1.165, 1.54) is 0 Å². The Morgan fingerprint density at radius 2 is 2.13 bits per heavy atom. The molecule has 1 atom stereocenters. The number of piperidine rings is 1. The van der Waals surface area contributed by atoms with Crippen LogP contribution in [-0.4, -0.2) is 57.3 Å². The van der Waals surface area contributed by atoms with Crippen molar-refractivity contribution in [1.82, 2.24) is 14.9 Å². The van der Waals surface area contributed by atoms with Gasteiger partial charge in [0.25, 0.3) is 5.91 Å². The zero-order chi connectivity index (χ0) is 15.9. The second-order valence-electron chi connectivity index (χ2n) is 6.47. The van der Waals surface area contributed by atoms with E-state index in [4.69, 9.17) is 4.74 Å². The molecule has 2 fully saturated rings. The van der Waals surface area contributed by atoms with Crippen molar-refractivity contribution in [3.05, 3.63) is 30.1 Å². The first-order valence-corrected chi connectivity index (χ1v) is 8.24. The van der Waals surface area contributed by atoms with Crippen LogP contribution in [0, 0.1) is 0 Å². The van der Waals surface area contributed by atoms with Crippen LogP contribution in [0.15, 0.2) is 24.3 Å². The number of rotatable bonds is 1. The van der Waals surface area contributed by atoms with Crippen molar-refractivity contribution in [3.63, 3.8) is 0 Å². The predicted molar refractivity (Wildman–Crippen MR) is 85.2 cm³/mol. The summed E-state index contributed by atoms with van der Waals surface area (Å²) in [6.45, 7) is 1.88. The minimum absolute atomic E-state index is 0.0821. The molecular weight excluding hydrogens is 294 g/mol. The van der Waals surface area contributed by atoms with Gasteiger partial charge in [0, 0.05) is 19.7 Å². The van der Waals surface area contributed by atoms with Gasteiger partial charge in [-0.2, -0.15) is 0 Å². The second-order valence-corrected chi connectivity index (χ2v) is 6.47. The number of benzene rings is 1. The first-order valence-electron chi connectivity index (χ1n) is 8.24. The van der Waals surface area contributed by atoms with Crippen molar-refractivity contribution in [2.75, 3.05) is 19.7 Å². The fourth-order valence-electron chi connectivity index (χ4n) is 3.68. The van der Waals surface area contributed by atoms with Crippen LogP contribution >= 0.6 is 0 Å². The minimum Gasteiger partial charge on any atom is -0.390 e. The Balaban J connectivity index is 1.48.